The van der Waals surface area contributed by atoms with Crippen molar-refractivity contribution in [2.24, 2.45) is 0 Å². The van der Waals surface area contributed by atoms with Gasteiger partial charge in [0.25, 0.3) is 5.91 Å². The van der Waals surface area contributed by atoms with Gasteiger partial charge in [-0.15, -0.1) is 0 Å². The van der Waals surface area contributed by atoms with Gasteiger partial charge >= 0.3 is 5.97 Å². The molecule has 0 bridgehead atoms. The molecule has 0 heterocycles. The highest BCUT2D eigenvalue weighted by atomic mass is 35.5. The van der Waals surface area contributed by atoms with Gasteiger partial charge in [-0.2, -0.15) is 0 Å². The van der Waals surface area contributed by atoms with Crippen LogP contribution in [0.15, 0.2) is 36.4 Å². The number of carbonyl (C=O) groups excluding carboxylic acids is 2. The van der Waals surface area contributed by atoms with Crippen LogP contribution in [0.3, 0.4) is 0 Å². The Kier molecular flexibility index (Phi) is 5.57. The first-order valence-corrected chi connectivity index (χ1v) is 8.79. The molecule has 26 heavy (non-hydrogen) atoms. The molecular weight excluding hydrogens is 357 g/mol. The molecule has 0 saturated heterocycles. The van der Waals surface area contributed by atoms with E-state index in [1.807, 2.05) is 12.1 Å². The van der Waals surface area contributed by atoms with E-state index in [9.17, 15) is 14.0 Å². The van der Waals surface area contributed by atoms with Crippen molar-refractivity contribution in [3.63, 3.8) is 0 Å². The SMILES string of the molecule is CN(Cc1c(F)cccc1Cl)C(=O)COC(=O)c1ccc2c(c1)CCC2. The van der Waals surface area contributed by atoms with Gasteiger partial charge in [0.15, 0.2) is 6.61 Å². The van der Waals surface area contributed by atoms with Gasteiger partial charge in [-0.25, -0.2) is 9.18 Å². The van der Waals surface area contributed by atoms with Gasteiger partial charge in [-0.1, -0.05) is 23.7 Å². The van der Waals surface area contributed by atoms with Crippen molar-refractivity contribution < 1.29 is 18.7 Å². The molecule has 0 fully saturated rings. The largest absolute Gasteiger partial charge is 0.452 e. The number of aryl methyl sites for hydroxylation is 2. The van der Waals surface area contributed by atoms with Crippen molar-refractivity contribution in [2.45, 2.75) is 25.8 Å². The van der Waals surface area contributed by atoms with Gasteiger partial charge in [0.2, 0.25) is 0 Å². The molecule has 4 nitrogen and oxygen atoms in total. The number of benzene rings is 2. The van der Waals surface area contributed by atoms with Crippen molar-refractivity contribution >= 4 is 23.5 Å². The average Bonchev–Trinajstić information content (AvgIpc) is 3.10. The molecular formula is C20H19ClFNO3. The number of hydrogen-bond acceptors (Lipinski definition) is 3. The molecule has 136 valence electrons. The zero-order chi connectivity index (χ0) is 18.7. The third-order valence-corrected chi connectivity index (χ3v) is 4.90. The van der Waals surface area contributed by atoms with Crippen LogP contribution in [0.1, 0.15) is 33.5 Å². The summed E-state index contributed by atoms with van der Waals surface area (Å²) in [6.07, 6.45) is 3.09. The lowest BCUT2D eigenvalue weighted by molar-refractivity contribution is -0.133. The van der Waals surface area contributed by atoms with Gasteiger partial charge in [-0.3, -0.25) is 4.79 Å². The predicted molar refractivity (Wildman–Crippen MR) is 96.6 cm³/mol. The Morgan fingerprint density at radius 2 is 1.96 bits per heavy atom. The van der Waals surface area contributed by atoms with Crippen LogP contribution in [-0.4, -0.2) is 30.4 Å². The van der Waals surface area contributed by atoms with E-state index in [0.717, 1.165) is 24.8 Å². The van der Waals surface area contributed by atoms with Crippen LogP contribution in [-0.2, 0) is 28.9 Å². The number of hydrogen-bond donors (Lipinski definition) is 0. The zero-order valence-electron chi connectivity index (χ0n) is 14.4. The van der Waals surface area contributed by atoms with E-state index in [0.29, 0.717) is 5.56 Å². The summed E-state index contributed by atoms with van der Waals surface area (Å²) in [6, 6.07) is 9.84. The van der Waals surface area contributed by atoms with Crippen LogP contribution >= 0.6 is 11.6 Å². The lowest BCUT2D eigenvalue weighted by Gasteiger charge is -2.18. The Balaban J connectivity index is 1.57. The maximum Gasteiger partial charge on any atom is 0.338 e. The van der Waals surface area contributed by atoms with Crippen LogP contribution in [0.5, 0.6) is 0 Å². The standard InChI is InChI=1S/C20H19ClFNO3/c1-23(11-16-17(21)6-3-7-18(16)22)19(24)12-26-20(25)15-9-8-13-4-2-5-14(13)10-15/h3,6-10H,2,4-5,11-12H2,1H3. The summed E-state index contributed by atoms with van der Waals surface area (Å²) in [6.45, 7) is -0.404. The maximum atomic E-state index is 13.8. The number of fused-ring (bicyclic) bond motifs is 1. The quantitative estimate of drug-likeness (QED) is 0.747. The molecule has 0 spiro atoms. The lowest BCUT2D eigenvalue weighted by atomic mass is 10.1. The molecule has 2 aromatic rings. The van der Waals surface area contributed by atoms with E-state index >= 15 is 0 Å². The number of likely N-dealkylation sites (N-methyl/N-ethyl adjacent to an activating group) is 1. The number of amides is 1. The first-order chi connectivity index (χ1) is 12.5. The predicted octanol–water partition coefficient (Wildman–Crippen LogP) is 3.78. The van der Waals surface area contributed by atoms with Crippen molar-refractivity contribution in [1.29, 1.82) is 0 Å². The molecule has 0 N–H and O–H groups in total. The van der Waals surface area contributed by atoms with Crippen molar-refractivity contribution in [3.05, 3.63) is 69.5 Å². The molecule has 1 amide bonds. The number of carbonyl (C=O) groups is 2. The lowest BCUT2D eigenvalue weighted by Crippen LogP contribution is -2.31. The molecule has 0 atom stereocenters. The average molecular weight is 376 g/mol. The number of rotatable bonds is 5. The Morgan fingerprint density at radius 3 is 2.73 bits per heavy atom. The monoisotopic (exact) mass is 375 g/mol. The van der Waals surface area contributed by atoms with E-state index < -0.39 is 24.3 Å². The highest BCUT2D eigenvalue weighted by Crippen LogP contribution is 2.23. The Bertz CT molecular complexity index is 833. The molecule has 0 radical (unpaired) electrons. The number of nitrogens with zero attached hydrogens (tertiary/aromatic N) is 1. The van der Waals surface area contributed by atoms with Gasteiger partial charge in [0, 0.05) is 24.2 Å². The molecule has 0 saturated carbocycles. The summed E-state index contributed by atoms with van der Waals surface area (Å²) in [7, 11) is 1.51. The molecule has 2 aromatic carbocycles. The van der Waals surface area contributed by atoms with Gasteiger partial charge in [0.05, 0.1) is 5.56 Å². The second-order valence-corrected chi connectivity index (χ2v) is 6.77. The molecule has 6 heteroatoms. The van der Waals surface area contributed by atoms with Crippen LogP contribution in [0.25, 0.3) is 0 Å². The molecule has 1 aliphatic rings. The normalized spacial score (nSPS) is 12.6. The summed E-state index contributed by atoms with van der Waals surface area (Å²) in [4.78, 5) is 25.6. The fraction of sp³-hybridized carbons (Fsp3) is 0.300. The highest BCUT2D eigenvalue weighted by molar-refractivity contribution is 6.31. The minimum atomic E-state index is -0.537. The number of halogens is 2. The third-order valence-electron chi connectivity index (χ3n) is 4.54. The van der Waals surface area contributed by atoms with E-state index in [1.165, 1.54) is 29.6 Å². The maximum absolute atomic E-state index is 13.8. The topological polar surface area (TPSA) is 46.6 Å². The van der Waals surface area contributed by atoms with Crippen LogP contribution in [0, 0.1) is 5.82 Å². The third kappa shape index (κ3) is 4.05. The van der Waals surface area contributed by atoms with Crippen molar-refractivity contribution in [3.8, 4) is 0 Å². The molecule has 0 aromatic heterocycles. The second-order valence-electron chi connectivity index (χ2n) is 6.36. The Hall–Kier alpha value is -2.40. The number of esters is 1. The summed E-state index contributed by atoms with van der Waals surface area (Å²) >= 11 is 5.97. The smallest absolute Gasteiger partial charge is 0.338 e. The minimum absolute atomic E-state index is 0.000730. The second kappa shape index (κ2) is 7.87. The van der Waals surface area contributed by atoms with Crippen LogP contribution < -0.4 is 0 Å². The minimum Gasteiger partial charge on any atom is -0.452 e. The Labute approximate surface area is 156 Å². The fourth-order valence-corrected chi connectivity index (χ4v) is 3.25. The first-order valence-electron chi connectivity index (χ1n) is 8.41. The van der Waals surface area contributed by atoms with E-state index in [4.69, 9.17) is 16.3 Å². The van der Waals surface area contributed by atoms with Crippen molar-refractivity contribution in [1.82, 2.24) is 4.90 Å². The molecule has 3 rings (SSSR count). The molecule has 0 unspecified atom stereocenters. The highest BCUT2D eigenvalue weighted by Gasteiger charge is 2.18. The Morgan fingerprint density at radius 1 is 1.19 bits per heavy atom. The van der Waals surface area contributed by atoms with Crippen LogP contribution in [0.4, 0.5) is 4.39 Å². The van der Waals surface area contributed by atoms with Crippen LogP contribution in [0.2, 0.25) is 5.02 Å². The van der Waals surface area contributed by atoms with Gasteiger partial charge in [0.1, 0.15) is 5.82 Å². The summed E-state index contributed by atoms with van der Waals surface area (Å²) in [5.41, 5.74) is 3.10. The molecule has 1 aliphatic carbocycles. The van der Waals surface area contributed by atoms with E-state index in [-0.39, 0.29) is 17.1 Å². The fourth-order valence-electron chi connectivity index (χ4n) is 3.03. The van der Waals surface area contributed by atoms with E-state index in [1.54, 1.807) is 12.1 Å². The van der Waals surface area contributed by atoms with Gasteiger partial charge < -0.3 is 9.64 Å². The summed E-state index contributed by atoms with van der Waals surface area (Å²) in [5.74, 6) is -1.45. The summed E-state index contributed by atoms with van der Waals surface area (Å²) in [5, 5.41) is 0.250. The summed E-state index contributed by atoms with van der Waals surface area (Å²) < 4.78 is 18.9. The molecule has 0 aliphatic heterocycles. The first kappa shape index (κ1) is 18.4. The van der Waals surface area contributed by atoms with Crippen molar-refractivity contribution in [2.75, 3.05) is 13.7 Å². The van der Waals surface area contributed by atoms with E-state index in [2.05, 4.69) is 0 Å². The number of ether oxygens (including phenoxy) is 1. The van der Waals surface area contributed by atoms with Gasteiger partial charge in [-0.05, 0) is 54.7 Å². The zero-order valence-corrected chi connectivity index (χ0v) is 15.2.